The minimum Gasteiger partial charge on any atom is -1.00 e. The van der Waals surface area contributed by atoms with Crippen LogP contribution in [0.5, 0.6) is 0 Å². The predicted molar refractivity (Wildman–Crippen MR) is 24.4 cm³/mol. The van der Waals surface area contributed by atoms with E-state index in [1.165, 1.54) is 0 Å². The molecule has 5 heteroatoms. The van der Waals surface area contributed by atoms with E-state index in [9.17, 15) is 0 Å². The van der Waals surface area contributed by atoms with Crippen LogP contribution in [0.4, 0.5) is 0 Å². The van der Waals surface area contributed by atoms with Crippen molar-refractivity contribution < 1.29 is 58.1 Å². The first-order valence-electron chi connectivity index (χ1n) is 1.34. The number of halogens is 1. The second-order valence-corrected chi connectivity index (χ2v) is 0. The fourth-order valence-corrected chi connectivity index (χ4v) is 0. The van der Waals surface area contributed by atoms with Crippen LogP contribution in [0.2, 0.25) is 0 Å². The second kappa shape index (κ2) is 284. The molecule has 0 spiro atoms. The summed E-state index contributed by atoms with van der Waals surface area (Å²) in [6.45, 7) is 0. The maximum absolute atomic E-state index is 7.00. The van der Waals surface area contributed by atoms with E-state index in [4.69, 9.17) is 15.3 Å². The molecule has 0 amide bonds. The van der Waals surface area contributed by atoms with Crippen molar-refractivity contribution in [2.45, 2.75) is 0 Å². The number of aliphatic hydroxyl groups is 3. The van der Waals surface area contributed by atoms with Crippen LogP contribution in [0.1, 0.15) is 0 Å². The molecule has 3 N–H and O–H groups in total. The molecule has 0 radical (unpaired) electrons. The number of aliphatic hydroxyl groups excluding tert-OH is 3. The largest absolute Gasteiger partial charge is 1.00 e. The molecule has 8 heavy (non-hydrogen) atoms. The van der Waals surface area contributed by atoms with E-state index in [0.29, 0.717) is 0 Å². The Bertz CT molecular complexity index is 14.5. The van der Waals surface area contributed by atoms with Crippen LogP contribution >= 0.6 is 0 Å². The SMILES string of the molecule is CO.CO.CO.[Br-].[Hf]. The van der Waals surface area contributed by atoms with Gasteiger partial charge >= 0.3 is 0 Å². The van der Waals surface area contributed by atoms with Gasteiger partial charge in [-0.3, -0.25) is 0 Å². The van der Waals surface area contributed by atoms with Gasteiger partial charge in [0, 0.05) is 47.2 Å². The number of hydrogen-bond donors (Lipinski definition) is 3. The van der Waals surface area contributed by atoms with Crippen molar-refractivity contribution in [1.82, 2.24) is 0 Å². The molecule has 0 aromatic carbocycles. The van der Waals surface area contributed by atoms with E-state index < -0.39 is 0 Å². The maximum atomic E-state index is 7.00. The monoisotopic (exact) mass is 355 g/mol. The Morgan fingerprint density at radius 1 is 0.625 bits per heavy atom. The van der Waals surface area contributed by atoms with Crippen molar-refractivity contribution in [1.29, 1.82) is 0 Å². The summed E-state index contributed by atoms with van der Waals surface area (Å²) in [4.78, 5) is 0. The Kier molecular flexibility index (Phi) is 1240. The summed E-state index contributed by atoms with van der Waals surface area (Å²) in [5.41, 5.74) is 0. The first-order valence-corrected chi connectivity index (χ1v) is 1.34. The molecule has 0 atom stereocenters. The van der Waals surface area contributed by atoms with E-state index in [2.05, 4.69) is 0 Å². The smallest absolute Gasteiger partial charge is 0.0319 e. The van der Waals surface area contributed by atoms with Crippen LogP contribution in [0.15, 0.2) is 0 Å². The molecule has 0 aliphatic carbocycles. The summed E-state index contributed by atoms with van der Waals surface area (Å²) in [7, 11) is 3.00. The zero-order valence-electron chi connectivity index (χ0n) is 5.22. The molecule has 0 rings (SSSR count). The predicted octanol–water partition coefficient (Wildman–Crippen LogP) is -4.17. The molecule has 3 nitrogen and oxygen atoms in total. The molecular formula is C3H12BrHfO3-. The maximum Gasteiger partial charge on any atom is 0.0319 e. The molecule has 0 bridgehead atoms. The van der Waals surface area contributed by atoms with Gasteiger partial charge in [-0.25, -0.2) is 0 Å². The zero-order valence-corrected chi connectivity index (χ0v) is 10.4. The fraction of sp³-hybridized carbons (Fsp3) is 1.00. The van der Waals surface area contributed by atoms with E-state index in [1.54, 1.807) is 0 Å². The van der Waals surface area contributed by atoms with Gasteiger partial charge in [-0.15, -0.1) is 0 Å². The van der Waals surface area contributed by atoms with Crippen LogP contribution in [-0.2, 0) is 25.8 Å². The average molecular weight is 355 g/mol. The Morgan fingerprint density at radius 3 is 0.625 bits per heavy atom. The molecule has 0 saturated heterocycles. The molecule has 0 heterocycles. The van der Waals surface area contributed by atoms with Gasteiger partial charge in [0.25, 0.3) is 0 Å². The van der Waals surface area contributed by atoms with Crippen molar-refractivity contribution in [2.24, 2.45) is 0 Å². The summed E-state index contributed by atoms with van der Waals surface area (Å²) < 4.78 is 0. The standard InChI is InChI=1S/3CH4O.BrH.Hf/c3*1-2;;/h3*2H,1H3;1H;/p-1. The molecule has 0 aromatic heterocycles. The quantitative estimate of drug-likeness (QED) is 0.387. The minimum absolute atomic E-state index is 0. The third kappa shape index (κ3) is 185. The van der Waals surface area contributed by atoms with Gasteiger partial charge in [0.1, 0.15) is 0 Å². The molecule has 0 unspecified atom stereocenters. The topological polar surface area (TPSA) is 60.7 Å². The Balaban J connectivity index is -0.00000000500. The zero-order chi connectivity index (χ0) is 6.00. The van der Waals surface area contributed by atoms with Gasteiger partial charge in [0.05, 0.1) is 0 Å². The summed E-state index contributed by atoms with van der Waals surface area (Å²) in [6, 6.07) is 0. The second-order valence-electron chi connectivity index (χ2n) is 0. The molecule has 0 aliphatic heterocycles. The van der Waals surface area contributed by atoms with Gasteiger partial charge in [-0.05, 0) is 0 Å². The third-order valence-electron chi connectivity index (χ3n) is 0. The van der Waals surface area contributed by atoms with Crippen molar-refractivity contribution in [2.75, 3.05) is 21.3 Å². The number of rotatable bonds is 0. The van der Waals surface area contributed by atoms with E-state index in [0.717, 1.165) is 21.3 Å². The number of hydrogen-bond acceptors (Lipinski definition) is 3. The van der Waals surface area contributed by atoms with Gasteiger partial charge < -0.3 is 32.3 Å². The van der Waals surface area contributed by atoms with E-state index >= 15 is 0 Å². The molecule has 0 aromatic rings. The van der Waals surface area contributed by atoms with Crippen LogP contribution in [0.25, 0.3) is 0 Å². The molecule has 0 fully saturated rings. The van der Waals surface area contributed by atoms with E-state index in [1.807, 2.05) is 0 Å². The first-order chi connectivity index (χ1) is 3.00. The van der Waals surface area contributed by atoms with Crippen molar-refractivity contribution >= 4 is 0 Å². The summed E-state index contributed by atoms with van der Waals surface area (Å²) >= 11 is 0. The van der Waals surface area contributed by atoms with Crippen LogP contribution in [-0.4, -0.2) is 36.6 Å². The van der Waals surface area contributed by atoms with Crippen LogP contribution in [0, 0.1) is 0 Å². The van der Waals surface area contributed by atoms with Gasteiger partial charge in [0.2, 0.25) is 0 Å². The van der Waals surface area contributed by atoms with Crippen molar-refractivity contribution in [3.05, 3.63) is 0 Å². The summed E-state index contributed by atoms with van der Waals surface area (Å²) in [5.74, 6) is 0. The van der Waals surface area contributed by atoms with Crippen LogP contribution < -0.4 is 17.0 Å². The fourth-order valence-electron chi connectivity index (χ4n) is 0. The Morgan fingerprint density at radius 2 is 0.625 bits per heavy atom. The van der Waals surface area contributed by atoms with Gasteiger partial charge in [-0.2, -0.15) is 0 Å². The molecule has 54 valence electrons. The van der Waals surface area contributed by atoms with Crippen LogP contribution in [0.3, 0.4) is 0 Å². The van der Waals surface area contributed by atoms with E-state index in [-0.39, 0.29) is 42.8 Å². The Labute approximate surface area is 79.3 Å². The normalized spacial score (nSPS) is 2.25. The first kappa shape index (κ1) is 34.9. The molecule has 0 saturated carbocycles. The van der Waals surface area contributed by atoms with Gasteiger partial charge in [0.15, 0.2) is 0 Å². The summed E-state index contributed by atoms with van der Waals surface area (Å²) in [6.07, 6.45) is 0. The Hall–Kier alpha value is 1.23. The third-order valence-corrected chi connectivity index (χ3v) is 0. The van der Waals surface area contributed by atoms with Crippen molar-refractivity contribution in [3.8, 4) is 0 Å². The molecule has 0 aliphatic rings. The minimum atomic E-state index is 0. The average Bonchev–Trinajstić information content (AvgIpc) is 1.81. The van der Waals surface area contributed by atoms with Crippen molar-refractivity contribution in [3.63, 3.8) is 0 Å². The summed E-state index contributed by atoms with van der Waals surface area (Å²) in [5, 5.41) is 21.0. The molecular weight excluding hydrogens is 342 g/mol. The van der Waals surface area contributed by atoms with Gasteiger partial charge in [-0.1, -0.05) is 0 Å².